The first-order valence-corrected chi connectivity index (χ1v) is 6.83. The molecule has 4 nitrogen and oxygen atoms in total. The van der Waals surface area contributed by atoms with Gasteiger partial charge in [-0.25, -0.2) is 0 Å². The Morgan fingerprint density at radius 3 is 3.06 bits per heavy atom. The Morgan fingerprint density at radius 2 is 2.35 bits per heavy atom. The fourth-order valence-electron chi connectivity index (χ4n) is 1.93. The van der Waals surface area contributed by atoms with Crippen LogP contribution in [0.1, 0.15) is 17.5 Å². The molecule has 0 amide bonds. The smallest absolute Gasteiger partial charge is 0.170 e. The Bertz CT molecular complexity index is 402. The minimum absolute atomic E-state index is 0.170. The number of nitrogens with one attached hydrogen (secondary N) is 1. The average molecular weight is 251 g/mol. The van der Waals surface area contributed by atoms with Gasteiger partial charge in [-0.3, -0.25) is 0 Å². The zero-order valence-electron chi connectivity index (χ0n) is 9.60. The van der Waals surface area contributed by atoms with Gasteiger partial charge in [-0.1, -0.05) is 29.4 Å². The molecule has 0 radical (unpaired) electrons. The summed E-state index contributed by atoms with van der Waals surface area (Å²) in [5.41, 5.74) is 7.52. The average Bonchev–Trinajstić information content (AvgIpc) is 2.89. The monoisotopic (exact) mass is 251 g/mol. The Labute approximate surface area is 105 Å². The molecule has 0 aliphatic carbocycles. The number of amidine groups is 1. The zero-order valence-corrected chi connectivity index (χ0v) is 10.4. The fourth-order valence-corrected chi connectivity index (χ4v) is 3.11. The highest BCUT2D eigenvalue weighted by molar-refractivity contribution is 7.99. The number of thioether (sulfide) groups is 1. The van der Waals surface area contributed by atoms with E-state index in [-0.39, 0.29) is 5.84 Å². The maximum atomic E-state index is 8.73. The van der Waals surface area contributed by atoms with Gasteiger partial charge in [0.05, 0.1) is 0 Å². The highest BCUT2D eigenvalue weighted by Gasteiger charge is 2.15. The lowest BCUT2D eigenvalue weighted by Crippen LogP contribution is -2.29. The van der Waals surface area contributed by atoms with Crippen LogP contribution in [-0.4, -0.2) is 28.6 Å². The summed E-state index contributed by atoms with van der Waals surface area (Å²) >= 11 is 1.98. The Morgan fingerprint density at radius 1 is 1.53 bits per heavy atom. The molecule has 1 aromatic rings. The Kier molecular flexibility index (Phi) is 4.28. The van der Waals surface area contributed by atoms with E-state index in [9.17, 15) is 0 Å². The fraction of sp³-hybridized carbons (Fsp3) is 0.417. The molecule has 1 atom stereocenters. The van der Waals surface area contributed by atoms with Crippen LogP contribution in [0.3, 0.4) is 0 Å². The van der Waals surface area contributed by atoms with Gasteiger partial charge in [-0.05, 0) is 17.7 Å². The van der Waals surface area contributed by atoms with Crippen molar-refractivity contribution in [3.05, 3.63) is 35.4 Å². The van der Waals surface area contributed by atoms with Crippen molar-refractivity contribution in [3.8, 4) is 0 Å². The van der Waals surface area contributed by atoms with Crippen molar-refractivity contribution < 1.29 is 5.21 Å². The van der Waals surface area contributed by atoms with Crippen LogP contribution in [0.5, 0.6) is 0 Å². The minimum Gasteiger partial charge on any atom is -0.409 e. The van der Waals surface area contributed by atoms with Crippen molar-refractivity contribution in [1.82, 2.24) is 5.32 Å². The van der Waals surface area contributed by atoms with Crippen molar-refractivity contribution in [3.63, 3.8) is 0 Å². The molecule has 0 aromatic heterocycles. The molecule has 1 fully saturated rings. The maximum absolute atomic E-state index is 8.73. The number of oxime groups is 1. The molecular weight excluding hydrogens is 234 g/mol. The van der Waals surface area contributed by atoms with Crippen LogP contribution in [0, 0.1) is 0 Å². The SMILES string of the molecule is N/C(=N/O)c1ccccc1CNC1CCSC1. The molecule has 0 spiro atoms. The molecule has 17 heavy (non-hydrogen) atoms. The Balaban J connectivity index is 2.04. The second-order valence-corrected chi connectivity index (χ2v) is 5.23. The van der Waals surface area contributed by atoms with Gasteiger partial charge in [-0.15, -0.1) is 0 Å². The van der Waals surface area contributed by atoms with Gasteiger partial charge < -0.3 is 16.3 Å². The largest absolute Gasteiger partial charge is 0.409 e. The van der Waals surface area contributed by atoms with E-state index in [0.717, 1.165) is 17.7 Å². The Hall–Kier alpha value is -1.20. The van der Waals surface area contributed by atoms with E-state index >= 15 is 0 Å². The zero-order chi connectivity index (χ0) is 12.1. The molecule has 1 heterocycles. The van der Waals surface area contributed by atoms with E-state index < -0.39 is 0 Å². The van der Waals surface area contributed by atoms with Crippen molar-refractivity contribution in [2.75, 3.05) is 11.5 Å². The summed E-state index contributed by atoms with van der Waals surface area (Å²) < 4.78 is 0. The van der Waals surface area contributed by atoms with Crippen LogP contribution in [0.4, 0.5) is 0 Å². The van der Waals surface area contributed by atoms with Gasteiger partial charge in [0.1, 0.15) is 0 Å². The number of nitrogens with zero attached hydrogens (tertiary/aromatic N) is 1. The van der Waals surface area contributed by atoms with E-state index in [1.165, 1.54) is 17.9 Å². The maximum Gasteiger partial charge on any atom is 0.170 e. The molecule has 1 aliphatic rings. The second-order valence-electron chi connectivity index (χ2n) is 4.08. The topological polar surface area (TPSA) is 70.6 Å². The predicted octanol–water partition coefficient (Wildman–Crippen LogP) is 1.38. The third-order valence-electron chi connectivity index (χ3n) is 2.91. The molecule has 0 bridgehead atoms. The van der Waals surface area contributed by atoms with E-state index in [1.807, 2.05) is 36.0 Å². The summed E-state index contributed by atoms with van der Waals surface area (Å²) in [7, 11) is 0. The number of hydrogen-bond acceptors (Lipinski definition) is 4. The van der Waals surface area contributed by atoms with Crippen LogP contribution >= 0.6 is 11.8 Å². The summed E-state index contributed by atoms with van der Waals surface area (Å²) in [6.07, 6.45) is 1.22. The normalized spacial score (nSPS) is 20.7. The first-order valence-electron chi connectivity index (χ1n) is 5.68. The van der Waals surface area contributed by atoms with Gasteiger partial charge in [0.2, 0.25) is 0 Å². The third kappa shape index (κ3) is 3.14. The van der Waals surface area contributed by atoms with Gasteiger partial charge in [0.25, 0.3) is 0 Å². The second kappa shape index (κ2) is 5.93. The molecule has 4 N–H and O–H groups in total. The first kappa shape index (κ1) is 12.3. The van der Waals surface area contributed by atoms with Crippen LogP contribution in [-0.2, 0) is 6.54 Å². The molecular formula is C12H17N3OS. The minimum atomic E-state index is 0.170. The predicted molar refractivity (Wildman–Crippen MR) is 71.5 cm³/mol. The molecule has 1 aromatic carbocycles. The van der Waals surface area contributed by atoms with Gasteiger partial charge in [-0.2, -0.15) is 11.8 Å². The van der Waals surface area contributed by atoms with E-state index in [0.29, 0.717) is 6.04 Å². The van der Waals surface area contributed by atoms with Gasteiger partial charge >= 0.3 is 0 Å². The number of nitrogens with two attached hydrogens (primary N) is 1. The summed E-state index contributed by atoms with van der Waals surface area (Å²) in [4.78, 5) is 0. The van der Waals surface area contributed by atoms with Gasteiger partial charge in [0.15, 0.2) is 5.84 Å². The third-order valence-corrected chi connectivity index (χ3v) is 4.07. The molecule has 0 saturated carbocycles. The first-order chi connectivity index (χ1) is 8.31. The van der Waals surface area contributed by atoms with Crippen LogP contribution in [0.2, 0.25) is 0 Å². The van der Waals surface area contributed by atoms with Crippen LogP contribution in [0.15, 0.2) is 29.4 Å². The highest BCUT2D eigenvalue weighted by atomic mass is 32.2. The number of hydrogen-bond donors (Lipinski definition) is 3. The summed E-state index contributed by atoms with van der Waals surface area (Å²) in [6.45, 7) is 0.762. The van der Waals surface area contributed by atoms with Crippen molar-refractivity contribution in [2.45, 2.75) is 19.0 Å². The number of rotatable bonds is 4. The number of benzene rings is 1. The lowest BCUT2D eigenvalue weighted by Gasteiger charge is -2.13. The van der Waals surface area contributed by atoms with E-state index in [4.69, 9.17) is 10.9 Å². The molecule has 1 aliphatic heterocycles. The lowest BCUT2D eigenvalue weighted by molar-refractivity contribution is 0.318. The molecule has 5 heteroatoms. The summed E-state index contributed by atoms with van der Waals surface area (Å²) in [6, 6.07) is 8.31. The van der Waals surface area contributed by atoms with Crippen molar-refractivity contribution in [1.29, 1.82) is 0 Å². The van der Waals surface area contributed by atoms with Crippen molar-refractivity contribution in [2.24, 2.45) is 10.9 Å². The van der Waals surface area contributed by atoms with Crippen LogP contribution < -0.4 is 11.1 Å². The lowest BCUT2D eigenvalue weighted by atomic mass is 10.1. The molecule has 92 valence electrons. The quantitative estimate of drug-likeness (QED) is 0.327. The van der Waals surface area contributed by atoms with Crippen molar-refractivity contribution >= 4 is 17.6 Å². The van der Waals surface area contributed by atoms with E-state index in [2.05, 4.69) is 10.5 Å². The van der Waals surface area contributed by atoms with Gasteiger partial charge in [0, 0.05) is 23.9 Å². The highest BCUT2D eigenvalue weighted by Crippen LogP contribution is 2.18. The summed E-state index contributed by atoms with van der Waals surface area (Å²) in [5, 5.41) is 15.3. The standard InChI is InChI=1S/C12H17N3OS/c13-12(15-16)11-4-2-1-3-9(11)7-14-10-5-6-17-8-10/h1-4,10,14,16H,5-8H2,(H2,13,15). The molecule has 1 unspecified atom stereocenters. The molecule has 1 saturated heterocycles. The van der Waals surface area contributed by atoms with Crippen LogP contribution in [0.25, 0.3) is 0 Å². The summed E-state index contributed by atoms with van der Waals surface area (Å²) in [5.74, 6) is 2.58. The molecule has 2 rings (SSSR count). The van der Waals surface area contributed by atoms with E-state index in [1.54, 1.807) is 0 Å².